The van der Waals surface area contributed by atoms with Crippen molar-refractivity contribution in [1.82, 2.24) is 0 Å². The molecule has 0 bridgehead atoms. The zero-order valence-corrected chi connectivity index (χ0v) is 16.2. The van der Waals surface area contributed by atoms with E-state index in [0.717, 1.165) is 11.1 Å². The molecular weight excluding hydrogens is 376 g/mol. The summed E-state index contributed by atoms with van der Waals surface area (Å²) < 4.78 is 11.7. The van der Waals surface area contributed by atoms with E-state index in [0.29, 0.717) is 45.7 Å². The second kappa shape index (κ2) is 7.97. The largest absolute Gasteiger partial charge is 0.457 e. The van der Waals surface area contributed by atoms with Crippen LogP contribution in [0.2, 0.25) is 0 Å². The van der Waals surface area contributed by atoms with Gasteiger partial charge in [-0.3, -0.25) is 0 Å². The van der Waals surface area contributed by atoms with E-state index in [1.807, 2.05) is 42.5 Å². The minimum atomic E-state index is 0.381. The molecule has 0 unspecified atom stereocenters. The van der Waals surface area contributed by atoms with Gasteiger partial charge in [-0.05, 0) is 78.4 Å². The second-order valence-electron chi connectivity index (χ2n) is 6.81. The van der Waals surface area contributed by atoms with Crippen LogP contribution in [0.3, 0.4) is 0 Å². The maximum Gasteiger partial charge on any atom is 0.152 e. The zero-order chi connectivity index (χ0) is 21.1. The van der Waals surface area contributed by atoms with E-state index in [2.05, 4.69) is 0 Å². The van der Waals surface area contributed by atoms with E-state index >= 15 is 0 Å². The lowest BCUT2D eigenvalue weighted by molar-refractivity contribution is 0.483. The molecule has 0 saturated heterocycles. The van der Waals surface area contributed by atoms with Gasteiger partial charge in [0.25, 0.3) is 0 Å². The highest BCUT2D eigenvalue weighted by molar-refractivity contribution is 5.87. The van der Waals surface area contributed by atoms with Crippen LogP contribution >= 0.6 is 0 Å². The average molecular weight is 398 g/mol. The third-order valence-electron chi connectivity index (χ3n) is 4.64. The van der Waals surface area contributed by atoms with Crippen LogP contribution in [0.1, 0.15) is 0 Å². The minimum Gasteiger partial charge on any atom is -0.457 e. The van der Waals surface area contributed by atoms with E-state index in [-0.39, 0.29) is 0 Å². The van der Waals surface area contributed by atoms with Crippen molar-refractivity contribution in [3.05, 3.63) is 84.9 Å². The maximum absolute atomic E-state index is 6.30. The summed E-state index contributed by atoms with van der Waals surface area (Å²) in [5, 5.41) is 0. The summed E-state index contributed by atoms with van der Waals surface area (Å²) in [5.41, 5.74) is 27.9. The number of anilines is 4. The van der Waals surface area contributed by atoms with Crippen LogP contribution in [-0.4, -0.2) is 0 Å². The predicted molar refractivity (Wildman–Crippen MR) is 123 cm³/mol. The standard InChI is InChI=1S/C24H22N4O2/c25-16-3-9-19(10-4-16)29-18-7-1-15(2-8-18)21-13-14-22(24(28)23(21)27)30-20-11-5-17(26)6-12-20/h1-14H,25-28H2. The van der Waals surface area contributed by atoms with Gasteiger partial charge in [0.1, 0.15) is 17.2 Å². The molecule has 0 fully saturated rings. The first-order valence-corrected chi connectivity index (χ1v) is 9.35. The van der Waals surface area contributed by atoms with Gasteiger partial charge in [0.15, 0.2) is 5.75 Å². The van der Waals surface area contributed by atoms with E-state index in [4.69, 9.17) is 32.4 Å². The Morgan fingerprint density at radius 3 is 1.43 bits per heavy atom. The quantitative estimate of drug-likeness (QED) is 0.340. The molecule has 0 aliphatic carbocycles. The molecule has 0 heterocycles. The summed E-state index contributed by atoms with van der Waals surface area (Å²) in [6.07, 6.45) is 0. The molecule has 6 heteroatoms. The summed E-state index contributed by atoms with van der Waals surface area (Å²) in [4.78, 5) is 0. The number of hydrogen-bond donors (Lipinski definition) is 4. The minimum absolute atomic E-state index is 0.381. The van der Waals surface area contributed by atoms with Gasteiger partial charge in [0.2, 0.25) is 0 Å². The number of rotatable bonds is 5. The van der Waals surface area contributed by atoms with E-state index in [9.17, 15) is 0 Å². The van der Waals surface area contributed by atoms with Crippen molar-refractivity contribution in [2.45, 2.75) is 0 Å². The van der Waals surface area contributed by atoms with Gasteiger partial charge in [-0.25, -0.2) is 0 Å². The lowest BCUT2D eigenvalue weighted by Gasteiger charge is -2.14. The molecule has 8 N–H and O–H groups in total. The van der Waals surface area contributed by atoms with Crippen LogP contribution < -0.4 is 32.4 Å². The van der Waals surface area contributed by atoms with Crippen LogP contribution in [0, 0.1) is 0 Å². The Labute approximate surface area is 174 Å². The first-order valence-electron chi connectivity index (χ1n) is 9.35. The van der Waals surface area contributed by atoms with Crippen molar-refractivity contribution < 1.29 is 9.47 Å². The Balaban J connectivity index is 1.54. The Morgan fingerprint density at radius 2 is 0.900 bits per heavy atom. The van der Waals surface area contributed by atoms with Crippen LogP contribution in [0.25, 0.3) is 11.1 Å². The van der Waals surface area contributed by atoms with Crippen LogP contribution in [0.5, 0.6) is 23.0 Å². The Morgan fingerprint density at radius 1 is 0.433 bits per heavy atom. The molecule has 0 aliphatic heterocycles. The summed E-state index contributed by atoms with van der Waals surface area (Å²) in [6, 6.07) is 25.6. The maximum atomic E-state index is 6.30. The third kappa shape index (κ3) is 4.07. The zero-order valence-electron chi connectivity index (χ0n) is 16.2. The molecule has 0 spiro atoms. The van der Waals surface area contributed by atoms with E-state index < -0.39 is 0 Å². The molecule has 0 amide bonds. The van der Waals surface area contributed by atoms with Gasteiger partial charge in [-0.1, -0.05) is 12.1 Å². The smallest absolute Gasteiger partial charge is 0.152 e. The van der Waals surface area contributed by atoms with Crippen molar-refractivity contribution in [2.24, 2.45) is 0 Å². The van der Waals surface area contributed by atoms with Crippen molar-refractivity contribution in [1.29, 1.82) is 0 Å². The highest BCUT2D eigenvalue weighted by Crippen LogP contribution is 2.39. The summed E-state index contributed by atoms with van der Waals surface area (Å²) in [7, 11) is 0. The summed E-state index contributed by atoms with van der Waals surface area (Å²) in [5.74, 6) is 2.54. The van der Waals surface area contributed by atoms with Gasteiger partial charge in [0, 0.05) is 16.9 Å². The molecule has 4 rings (SSSR count). The normalized spacial score (nSPS) is 10.5. The fourth-order valence-corrected chi connectivity index (χ4v) is 2.99. The van der Waals surface area contributed by atoms with Crippen molar-refractivity contribution in [3.8, 4) is 34.1 Å². The number of benzene rings is 4. The number of hydrogen-bond acceptors (Lipinski definition) is 6. The van der Waals surface area contributed by atoms with E-state index in [1.54, 1.807) is 42.5 Å². The highest BCUT2D eigenvalue weighted by atomic mass is 16.5. The Kier molecular flexibility index (Phi) is 5.05. The molecule has 4 aromatic carbocycles. The number of ether oxygens (including phenoxy) is 2. The van der Waals surface area contributed by atoms with Gasteiger partial charge in [-0.15, -0.1) is 0 Å². The van der Waals surface area contributed by atoms with Crippen LogP contribution in [0.15, 0.2) is 84.9 Å². The van der Waals surface area contributed by atoms with Gasteiger partial charge in [-0.2, -0.15) is 0 Å². The summed E-state index contributed by atoms with van der Waals surface area (Å²) in [6.45, 7) is 0. The van der Waals surface area contributed by atoms with Crippen molar-refractivity contribution in [2.75, 3.05) is 22.9 Å². The molecule has 6 nitrogen and oxygen atoms in total. The Bertz CT molecular complexity index is 1160. The highest BCUT2D eigenvalue weighted by Gasteiger charge is 2.12. The predicted octanol–water partition coefficient (Wildman–Crippen LogP) is 5.27. The molecule has 0 saturated carbocycles. The summed E-state index contributed by atoms with van der Waals surface area (Å²) >= 11 is 0. The third-order valence-corrected chi connectivity index (χ3v) is 4.64. The SMILES string of the molecule is Nc1ccc(Oc2ccc(-c3ccc(Oc4ccc(N)cc4)c(N)c3N)cc2)cc1. The molecule has 30 heavy (non-hydrogen) atoms. The molecule has 150 valence electrons. The molecule has 4 aromatic rings. The first kappa shape index (κ1) is 19.0. The average Bonchev–Trinajstić information content (AvgIpc) is 2.75. The lowest BCUT2D eigenvalue weighted by atomic mass is 10.0. The Hall–Kier alpha value is -4.32. The number of nitrogens with two attached hydrogens (primary N) is 4. The lowest BCUT2D eigenvalue weighted by Crippen LogP contribution is -2.00. The van der Waals surface area contributed by atoms with Gasteiger partial charge in [0.05, 0.1) is 11.4 Å². The van der Waals surface area contributed by atoms with Crippen molar-refractivity contribution >= 4 is 22.7 Å². The molecule has 0 aromatic heterocycles. The van der Waals surface area contributed by atoms with Crippen LogP contribution in [-0.2, 0) is 0 Å². The monoisotopic (exact) mass is 398 g/mol. The molecular formula is C24H22N4O2. The number of nitrogen functional groups attached to an aromatic ring is 4. The molecule has 0 atom stereocenters. The van der Waals surface area contributed by atoms with E-state index in [1.165, 1.54) is 0 Å². The molecule has 0 aliphatic rings. The van der Waals surface area contributed by atoms with Gasteiger partial charge >= 0.3 is 0 Å². The fraction of sp³-hybridized carbons (Fsp3) is 0. The van der Waals surface area contributed by atoms with Gasteiger partial charge < -0.3 is 32.4 Å². The van der Waals surface area contributed by atoms with Crippen molar-refractivity contribution in [3.63, 3.8) is 0 Å². The fourth-order valence-electron chi connectivity index (χ4n) is 2.99. The topological polar surface area (TPSA) is 123 Å². The molecule has 0 radical (unpaired) electrons. The second-order valence-corrected chi connectivity index (χ2v) is 6.81. The van der Waals surface area contributed by atoms with Crippen LogP contribution in [0.4, 0.5) is 22.7 Å². The first-order chi connectivity index (χ1) is 14.5.